The minimum Gasteiger partial charge on any atom is -0.399 e. The molecule has 0 atom stereocenters. The Labute approximate surface area is 175 Å². The van der Waals surface area contributed by atoms with E-state index in [1.807, 2.05) is 36.4 Å². The molecule has 0 unspecified atom stereocenters. The number of hydrogen-bond donors (Lipinski definition) is 1. The predicted molar refractivity (Wildman–Crippen MR) is 111 cm³/mol. The molecule has 3 aromatic rings. The molecule has 2 N–H and O–H groups in total. The van der Waals surface area contributed by atoms with Crippen molar-refractivity contribution in [1.29, 1.82) is 0 Å². The number of nitrogen functional groups attached to an aromatic ring is 1. The Bertz CT molecular complexity index is 1330. The average molecular weight is 415 g/mol. The number of aromatic nitrogens is 6. The van der Waals surface area contributed by atoms with Crippen molar-refractivity contribution in [2.45, 2.75) is 6.54 Å². The largest absolute Gasteiger partial charge is 0.399 e. The molecule has 1 aromatic heterocycles. The summed E-state index contributed by atoms with van der Waals surface area (Å²) in [4.78, 5) is 8.58. The second-order valence-corrected chi connectivity index (χ2v) is 6.92. The molecule has 2 aliphatic heterocycles. The van der Waals surface area contributed by atoms with E-state index in [1.54, 1.807) is 10.9 Å². The van der Waals surface area contributed by atoms with E-state index in [-0.39, 0.29) is 11.4 Å². The highest BCUT2D eigenvalue weighted by atomic mass is 19.2. The molecular formula is C22H15F2N7. The molecule has 0 spiro atoms. The van der Waals surface area contributed by atoms with E-state index in [1.165, 1.54) is 18.3 Å². The first kappa shape index (κ1) is 18.7. The van der Waals surface area contributed by atoms with E-state index in [2.05, 4.69) is 25.3 Å². The molecule has 0 aliphatic carbocycles. The van der Waals surface area contributed by atoms with Crippen LogP contribution in [0.15, 0.2) is 67.0 Å². The van der Waals surface area contributed by atoms with Crippen molar-refractivity contribution in [3.63, 3.8) is 0 Å². The summed E-state index contributed by atoms with van der Waals surface area (Å²) in [6, 6.07) is 15.0. The smallest absolute Gasteiger partial charge is 0.169 e. The lowest BCUT2D eigenvalue weighted by molar-refractivity contribution is 0.510. The van der Waals surface area contributed by atoms with Gasteiger partial charge in [-0.25, -0.2) is 18.7 Å². The normalized spacial score (nSPS) is 11.2. The Kier molecular flexibility index (Phi) is 4.55. The molecule has 152 valence electrons. The zero-order chi connectivity index (χ0) is 21.4. The number of nitrogens with zero attached hydrogens (tertiary/aromatic N) is 6. The second kappa shape index (κ2) is 7.52. The maximum atomic E-state index is 14.1. The molecular weight excluding hydrogens is 400 g/mol. The minimum absolute atomic E-state index is 0.00636. The third-order valence-electron chi connectivity index (χ3n) is 4.76. The standard InChI is InChI=1S/C22H15F2N7/c23-17-3-1-2-16(21(17)24)22-27-19-10-26-31(12-20(19)28-22)11-15-8-9-18(30-29-15)13-4-6-14(25)7-5-13/h1-10,12H,11,25H2. The third kappa shape index (κ3) is 3.68. The fraction of sp³-hybridized carbons (Fsp3) is 0.0455. The van der Waals surface area contributed by atoms with E-state index in [4.69, 9.17) is 5.73 Å². The molecule has 31 heavy (non-hydrogen) atoms. The Hall–Kier alpha value is -4.27. The quantitative estimate of drug-likeness (QED) is 0.449. The van der Waals surface area contributed by atoms with Crippen molar-refractivity contribution in [3.05, 3.63) is 84.3 Å². The molecule has 0 fully saturated rings. The zero-order valence-corrected chi connectivity index (χ0v) is 16.1. The van der Waals surface area contributed by atoms with Gasteiger partial charge in [0.15, 0.2) is 17.5 Å². The zero-order valence-electron chi connectivity index (χ0n) is 16.1. The molecule has 0 saturated heterocycles. The van der Waals surface area contributed by atoms with Crippen LogP contribution in [0.3, 0.4) is 0 Å². The average Bonchev–Trinajstić information content (AvgIpc) is 3.20. The Morgan fingerprint density at radius 3 is 2.42 bits per heavy atom. The lowest BCUT2D eigenvalue weighted by Crippen LogP contribution is -2.07. The topological polar surface area (TPSA) is 95.4 Å². The van der Waals surface area contributed by atoms with Crippen molar-refractivity contribution >= 4 is 5.69 Å². The number of halogens is 2. The molecule has 2 aliphatic rings. The monoisotopic (exact) mass is 415 g/mol. The van der Waals surface area contributed by atoms with E-state index in [0.29, 0.717) is 29.3 Å². The van der Waals surface area contributed by atoms with Gasteiger partial charge < -0.3 is 5.73 Å². The Balaban J connectivity index is 1.39. The summed E-state index contributed by atoms with van der Waals surface area (Å²) in [7, 11) is 0. The van der Waals surface area contributed by atoms with E-state index >= 15 is 0 Å². The fourth-order valence-electron chi connectivity index (χ4n) is 3.16. The van der Waals surface area contributed by atoms with Gasteiger partial charge in [-0.15, -0.1) is 0 Å². The summed E-state index contributed by atoms with van der Waals surface area (Å²) in [5, 5.41) is 12.8. The lowest BCUT2D eigenvalue weighted by Gasteiger charge is -2.06. The van der Waals surface area contributed by atoms with Gasteiger partial charge in [-0.05, 0) is 36.4 Å². The van der Waals surface area contributed by atoms with Crippen molar-refractivity contribution in [2.24, 2.45) is 0 Å². The van der Waals surface area contributed by atoms with Gasteiger partial charge in [-0.1, -0.05) is 18.2 Å². The number of benzene rings is 2. The van der Waals surface area contributed by atoms with Gasteiger partial charge >= 0.3 is 0 Å². The van der Waals surface area contributed by atoms with Crippen LogP contribution >= 0.6 is 0 Å². The SMILES string of the molecule is Nc1ccc(-c2ccc(Cn3cc4nc(-c5cccc(F)c5F)nc-4cn3)nn2)cc1. The second-order valence-electron chi connectivity index (χ2n) is 6.92. The summed E-state index contributed by atoms with van der Waals surface area (Å²) >= 11 is 0. The van der Waals surface area contributed by atoms with Gasteiger partial charge in [0, 0.05) is 11.3 Å². The Morgan fingerprint density at radius 2 is 1.65 bits per heavy atom. The van der Waals surface area contributed by atoms with E-state index in [0.717, 1.165) is 17.3 Å². The van der Waals surface area contributed by atoms with Crippen LogP contribution in [0, 0.1) is 11.6 Å². The molecule has 0 amide bonds. The molecule has 2 aromatic carbocycles. The first-order valence-corrected chi connectivity index (χ1v) is 9.40. The molecule has 0 saturated carbocycles. The van der Waals surface area contributed by atoms with Crippen molar-refractivity contribution in [2.75, 3.05) is 5.73 Å². The lowest BCUT2D eigenvalue weighted by atomic mass is 10.1. The first-order chi connectivity index (χ1) is 15.1. The number of hydrogen-bond acceptors (Lipinski definition) is 6. The van der Waals surface area contributed by atoms with Crippen LogP contribution in [-0.2, 0) is 6.54 Å². The molecule has 0 radical (unpaired) electrons. The fourth-order valence-corrected chi connectivity index (χ4v) is 3.16. The van der Waals surface area contributed by atoms with Crippen LogP contribution in [-0.4, -0.2) is 29.9 Å². The van der Waals surface area contributed by atoms with Gasteiger partial charge in [-0.3, -0.25) is 4.68 Å². The molecule has 0 bridgehead atoms. The predicted octanol–water partition coefficient (Wildman–Crippen LogP) is 3.81. The number of imidazole rings is 1. The number of anilines is 1. The van der Waals surface area contributed by atoms with Crippen LogP contribution in [0.2, 0.25) is 0 Å². The van der Waals surface area contributed by atoms with Crippen molar-refractivity contribution in [3.8, 4) is 34.0 Å². The van der Waals surface area contributed by atoms with Gasteiger partial charge in [0.1, 0.15) is 11.4 Å². The summed E-state index contributed by atoms with van der Waals surface area (Å²) in [5.74, 6) is -1.81. The van der Waals surface area contributed by atoms with Gasteiger partial charge in [0.2, 0.25) is 0 Å². The van der Waals surface area contributed by atoms with Crippen molar-refractivity contribution in [1.82, 2.24) is 29.9 Å². The summed E-state index contributed by atoms with van der Waals surface area (Å²) in [6.07, 6.45) is 3.21. The van der Waals surface area contributed by atoms with Gasteiger partial charge in [-0.2, -0.15) is 15.3 Å². The van der Waals surface area contributed by atoms with E-state index in [9.17, 15) is 8.78 Å². The van der Waals surface area contributed by atoms with Crippen LogP contribution in [0.5, 0.6) is 0 Å². The number of fused-ring (bicyclic) bond motifs is 1. The van der Waals surface area contributed by atoms with E-state index < -0.39 is 11.6 Å². The highest BCUT2D eigenvalue weighted by Crippen LogP contribution is 2.27. The first-order valence-electron chi connectivity index (χ1n) is 9.40. The third-order valence-corrected chi connectivity index (χ3v) is 4.76. The minimum atomic E-state index is -0.977. The summed E-state index contributed by atoms with van der Waals surface area (Å²) in [5.41, 5.74) is 9.76. The van der Waals surface area contributed by atoms with Crippen LogP contribution < -0.4 is 5.73 Å². The summed E-state index contributed by atoms with van der Waals surface area (Å²) < 4.78 is 29.2. The number of rotatable bonds is 4. The summed E-state index contributed by atoms with van der Waals surface area (Å²) in [6.45, 7) is 0.363. The molecule has 9 heteroatoms. The van der Waals surface area contributed by atoms with Crippen molar-refractivity contribution < 1.29 is 8.78 Å². The van der Waals surface area contributed by atoms with Crippen LogP contribution in [0.1, 0.15) is 5.69 Å². The number of nitrogens with two attached hydrogens (primary N) is 1. The van der Waals surface area contributed by atoms with Gasteiger partial charge in [0.05, 0.1) is 35.9 Å². The van der Waals surface area contributed by atoms with Crippen LogP contribution in [0.25, 0.3) is 34.0 Å². The Morgan fingerprint density at radius 1 is 0.839 bits per heavy atom. The maximum absolute atomic E-state index is 14.1. The van der Waals surface area contributed by atoms with Gasteiger partial charge in [0.25, 0.3) is 0 Å². The maximum Gasteiger partial charge on any atom is 0.169 e. The van der Waals surface area contributed by atoms with Crippen LogP contribution in [0.4, 0.5) is 14.5 Å². The molecule has 7 nitrogen and oxygen atoms in total. The molecule has 5 rings (SSSR count). The molecule has 3 heterocycles. The highest BCUT2D eigenvalue weighted by Gasteiger charge is 2.18. The highest BCUT2D eigenvalue weighted by molar-refractivity contribution is 5.65.